The van der Waals surface area contributed by atoms with Gasteiger partial charge in [-0.1, -0.05) is 78.9 Å². The molecule has 208 valence electrons. The fourth-order valence-corrected chi connectivity index (χ4v) is 6.53. The maximum absolute atomic E-state index is 13.3. The summed E-state index contributed by atoms with van der Waals surface area (Å²) in [7, 11) is -0.492. The minimum absolute atomic E-state index is 0.0165. The molecule has 8 heteroatoms. The normalized spacial score (nSPS) is 19.1. The summed E-state index contributed by atoms with van der Waals surface area (Å²) in [6, 6.07) is 28.9. The number of rotatable bonds is 12. The van der Waals surface area contributed by atoms with E-state index in [1.54, 1.807) is 31.3 Å². The maximum Gasteiger partial charge on any atom is 0.308 e. The molecular weight excluding hydrogens is 510 g/mol. The van der Waals surface area contributed by atoms with Crippen molar-refractivity contribution in [3.63, 3.8) is 0 Å². The summed E-state index contributed by atoms with van der Waals surface area (Å²) in [5.74, 6) is -0.273. The molecule has 4 rings (SSSR count). The van der Waals surface area contributed by atoms with Crippen molar-refractivity contribution in [3.8, 4) is 0 Å². The number of ether oxygens (including phenoxy) is 1. The fourth-order valence-electron chi connectivity index (χ4n) is 5.30. The summed E-state index contributed by atoms with van der Waals surface area (Å²) in [6.07, 6.45) is 2.22. The van der Waals surface area contributed by atoms with E-state index in [0.717, 1.165) is 31.5 Å². The van der Waals surface area contributed by atoms with Crippen molar-refractivity contribution in [1.29, 1.82) is 0 Å². The lowest BCUT2D eigenvalue weighted by Gasteiger charge is -2.40. The Hall–Kier alpha value is -3.04. The quantitative estimate of drug-likeness (QED) is 0.336. The van der Waals surface area contributed by atoms with Crippen LogP contribution >= 0.6 is 0 Å². The van der Waals surface area contributed by atoms with Gasteiger partial charge in [0, 0.05) is 33.2 Å². The van der Waals surface area contributed by atoms with Gasteiger partial charge in [0.05, 0.1) is 24.1 Å². The molecule has 1 fully saturated rings. The molecule has 0 aliphatic carbocycles. The molecule has 1 saturated heterocycles. The minimum Gasteiger partial charge on any atom is -0.469 e. The molecule has 0 amide bonds. The molecule has 0 radical (unpaired) electrons. The van der Waals surface area contributed by atoms with E-state index in [4.69, 9.17) is 4.74 Å². The number of likely N-dealkylation sites (N-methyl/N-ethyl adjacent to an activating group) is 1. The summed E-state index contributed by atoms with van der Waals surface area (Å²) in [5.41, 5.74) is 2.30. The molecule has 7 nitrogen and oxygen atoms in total. The number of nitrogens with one attached hydrogen (secondary N) is 1. The second-order valence-corrected chi connectivity index (χ2v) is 12.2. The fraction of sp³-hybridized carbons (Fsp3) is 0.387. The van der Waals surface area contributed by atoms with Gasteiger partial charge < -0.3 is 4.74 Å². The molecule has 3 aromatic carbocycles. The number of hydrogen-bond acceptors (Lipinski definition) is 6. The Morgan fingerprint density at radius 3 is 2.26 bits per heavy atom. The van der Waals surface area contributed by atoms with Gasteiger partial charge in [-0.2, -0.15) is 0 Å². The maximum atomic E-state index is 13.3. The Morgan fingerprint density at radius 2 is 1.62 bits per heavy atom. The number of hydrogen-bond donors (Lipinski definition) is 1. The first-order valence-corrected chi connectivity index (χ1v) is 15.0. The zero-order valence-corrected chi connectivity index (χ0v) is 23.6. The van der Waals surface area contributed by atoms with Crippen LogP contribution < -0.4 is 5.32 Å². The number of piperidine rings is 1. The first-order valence-electron chi connectivity index (χ1n) is 13.5. The van der Waals surface area contributed by atoms with E-state index in [-0.39, 0.29) is 24.0 Å². The molecule has 3 aromatic rings. The average molecular weight is 550 g/mol. The molecule has 1 heterocycles. The largest absolute Gasteiger partial charge is 0.469 e. The second-order valence-electron chi connectivity index (χ2n) is 10.2. The van der Waals surface area contributed by atoms with Crippen molar-refractivity contribution in [3.05, 3.63) is 102 Å². The van der Waals surface area contributed by atoms with E-state index in [2.05, 4.69) is 34.5 Å². The highest BCUT2D eigenvalue weighted by Crippen LogP contribution is 2.28. The third kappa shape index (κ3) is 7.76. The molecule has 0 spiro atoms. The minimum atomic E-state index is -3.60. The SMILES string of the molecule is COC(=O)C1CCN(CCC(CN(C)S(=O)(=O)c2ccccc2)c2ccccc2)C(NCc2ccccc2)C1. The summed E-state index contributed by atoms with van der Waals surface area (Å²) >= 11 is 0. The van der Waals surface area contributed by atoms with Crippen LogP contribution in [0.4, 0.5) is 0 Å². The lowest BCUT2D eigenvalue weighted by molar-refractivity contribution is -0.148. The average Bonchev–Trinajstić information content (AvgIpc) is 2.99. The lowest BCUT2D eigenvalue weighted by Crippen LogP contribution is -2.52. The van der Waals surface area contributed by atoms with Crippen LogP contribution in [0, 0.1) is 5.92 Å². The number of benzene rings is 3. The van der Waals surface area contributed by atoms with Crippen molar-refractivity contribution in [2.24, 2.45) is 5.92 Å². The van der Waals surface area contributed by atoms with E-state index in [1.807, 2.05) is 42.5 Å². The van der Waals surface area contributed by atoms with Gasteiger partial charge in [0.25, 0.3) is 0 Å². The molecule has 0 aromatic heterocycles. The molecule has 0 bridgehead atoms. The first-order chi connectivity index (χ1) is 18.9. The van der Waals surface area contributed by atoms with Crippen LogP contribution in [0.3, 0.4) is 0 Å². The van der Waals surface area contributed by atoms with Gasteiger partial charge in [0.1, 0.15) is 0 Å². The monoisotopic (exact) mass is 549 g/mol. The second kappa shape index (κ2) is 13.8. The van der Waals surface area contributed by atoms with Crippen LogP contribution in [0.2, 0.25) is 0 Å². The van der Waals surface area contributed by atoms with Gasteiger partial charge in [0.2, 0.25) is 10.0 Å². The van der Waals surface area contributed by atoms with Gasteiger partial charge in [0.15, 0.2) is 0 Å². The summed E-state index contributed by atoms with van der Waals surface area (Å²) in [5, 5.41) is 3.66. The molecule has 39 heavy (non-hydrogen) atoms. The highest BCUT2D eigenvalue weighted by Gasteiger charge is 2.33. The third-order valence-corrected chi connectivity index (χ3v) is 9.43. The van der Waals surface area contributed by atoms with E-state index in [9.17, 15) is 13.2 Å². The Balaban J connectivity index is 1.48. The van der Waals surface area contributed by atoms with Gasteiger partial charge in [-0.15, -0.1) is 0 Å². The predicted molar refractivity (Wildman–Crippen MR) is 153 cm³/mol. The van der Waals surface area contributed by atoms with E-state index >= 15 is 0 Å². The summed E-state index contributed by atoms with van der Waals surface area (Å²) in [4.78, 5) is 15.0. The Kier molecular flexibility index (Phi) is 10.3. The smallest absolute Gasteiger partial charge is 0.308 e. The zero-order chi connectivity index (χ0) is 27.7. The summed E-state index contributed by atoms with van der Waals surface area (Å²) in [6.45, 7) is 2.63. The third-order valence-electron chi connectivity index (χ3n) is 7.60. The van der Waals surface area contributed by atoms with E-state index < -0.39 is 10.0 Å². The molecule has 3 unspecified atom stereocenters. The van der Waals surface area contributed by atoms with Crippen LogP contribution in [0.1, 0.15) is 36.3 Å². The van der Waals surface area contributed by atoms with Gasteiger partial charge in [-0.05, 0) is 48.4 Å². The van der Waals surface area contributed by atoms with Crippen molar-refractivity contribution in [2.75, 3.05) is 33.8 Å². The number of carbonyl (C=O) groups is 1. The van der Waals surface area contributed by atoms with E-state index in [1.165, 1.54) is 17.0 Å². The number of carbonyl (C=O) groups excluding carboxylic acids is 1. The van der Waals surface area contributed by atoms with E-state index in [0.29, 0.717) is 24.4 Å². The predicted octanol–water partition coefficient (Wildman–Crippen LogP) is 4.48. The summed E-state index contributed by atoms with van der Waals surface area (Å²) < 4.78 is 33.1. The van der Waals surface area contributed by atoms with Gasteiger partial charge in [-0.3, -0.25) is 15.0 Å². The molecular formula is C31H39N3O4S. The molecule has 1 aliphatic heterocycles. The first kappa shape index (κ1) is 29.0. The number of nitrogens with zero attached hydrogens (tertiary/aromatic N) is 2. The molecule has 1 aliphatic rings. The van der Waals surface area contributed by atoms with Crippen molar-refractivity contribution in [1.82, 2.24) is 14.5 Å². The van der Waals surface area contributed by atoms with Crippen molar-refractivity contribution < 1.29 is 17.9 Å². The number of esters is 1. The number of methoxy groups -OCH3 is 1. The van der Waals surface area contributed by atoms with Crippen molar-refractivity contribution in [2.45, 2.75) is 42.8 Å². The van der Waals surface area contributed by atoms with Crippen LogP contribution in [0.5, 0.6) is 0 Å². The van der Waals surface area contributed by atoms with Gasteiger partial charge >= 0.3 is 5.97 Å². The van der Waals surface area contributed by atoms with Crippen LogP contribution in [-0.2, 0) is 26.1 Å². The molecule has 0 saturated carbocycles. The van der Waals surface area contributed by atoms with Crippen LogP contribution in [-0.4, -0.2) is 63.5 Å². The molecule has 1 N–H and O–H groups in total. The van der Waals surface area contributed by atoms with Gasteiger partial charge in [-0.25, -0.2) is 12.7 Å². The highest BCUT2D eigenvalue weighted by molar-refractivity contribution is 7.89. The highest BCUT2D eigenvalue weighted by atomic mass is 32.2. The zero-order valence-electron chi connectivity index (χ0n) is 22.8. The topological polar surface area (TPSA) is 79.0 Å². The Morgan fingerprint density at radius 1 is 1.00 bits per heavy atom. The van der Waals surface area contributed by atoms with Crippen molar-refractivity contribution >= 4 is 16.0 Å². The van der Waals surface area contributed by atoms with Crippen LogP contribution in [0.25, 0.3) is 0 Å². The van der Waals surface area contributed by atoms with Crippen LogP contribution in [0.15, 0.2) is 95.9 Å². The number of sulfonamides is 1. The Labute approximate surface area is 232 Å². The Bertz CT molecular complexity index is 1270. The standard InChI is InChI=1S/C31H39N3O4S/c1-33(39(36,37)29-16-10-5-11-17-29)24-28(26-14-8-4-9-15-26)19-21-34-20-18-27(31(35)38-2)22-30(34)32-23-25-12-6-3-7-13-25/h3-17,27-28,30,32H,18-24H2,1-2H3. The number of likely N-dealkylation sites (tertiary alicyclic amines) is 1. The molecule has 3 atom stereocenters. The lowest BCUT2D eigenvalue weighted by atomic mass is 9.92.